The van der Waals surface area contributed by atoms with Gasteiger partial charge < -0.3 is 4.42 Å². The van der Waals surface area contributed by atoms with Crippen LogP contribution in [0.5, 0.6) is 0 Å². The van der Waals surface area contributed by atoms with Crippen LogP contribution in [0.15, 0.2) is 28.7 Å². The second-order valence-corrected chi connectivity index (χ2v) is 6.20. The van der Waals surface area contributed by atoms with Gasteiger partial charge in [0.05, 0.1) is 13.1 Å². The Balaban J connectivity index is 1.95. The summed E-state index contributed by atoms with van der Waals surface area (Å²) in [5.74, 6) is 2.61. The zero-order chi connectivity index (χ0) is 14.4. The number of rotatable bonds is 1. The van der Waals surface area contributed by atoms with Crippen LogP contribution in [0.2, 0.25) is 0 Å². The van der Waals surface area contributed by atoms with Gasteiger partial charge in [0.1, 0.15) is 16.9 Å². The highest BCUT2D eigenvalue weighted by Crippen LogP contribution is 2.29. The second-order valence-electron chi connectivity index (χ2n) is 6.20. The fourth-order valence-corrected chi connectivity index (χ4v) is 3.45. The molecular weight excluding hydrogens is 262 g/mol. The first kappa shape index (κ1) is 12.8. The Kier molecular flexibility index (Phi) is 2.93. The van der Waals surface area contributed by atoms with Gasteiger partial charge in [-0.1, -0.05) is 19.1 Å². The minimum absolute atomic E-state index is 0.739. The van der Waals surface area contributed by atoms with Crippen molar-refractivity contribution in [3.8, 4) is 0 Å². The van der Waals surface area contributed by atoms with Crippen molar-refractivity contribution in [2.45, 2.75) is 26.7 Å². The second kappa shape index (κ2) is 4.81. The average Bonchev–Trinajstić information content (AvgIpc) is 2.85. The Morgan fingerprint density at radius 3 is 2.95 bits per heavy atom. The molecule has 0 radical (unpaired) electrons. The minimum atomic E-state index is 0.739. The molecule has 108 valence electrons. The van der Waals surface area contributed by atoms with E-state index in [1.807, 2.05) is 25.1 Å². The maximum atomic E-state index is 6.08. The summed E-state index contributed by atoms with van der Waals surface area (Å²) in [6, 6.07) is 8.11. The smallest absolute Gasteiger partial charge is 0.273 e. The Hall–Kier alpha value is -1.94. The molecule has 3 aromatic rings. The molecule has 1 aliphatic heterocycles. The van der Waals surface area contributed by atoms with Crippen molar-refractivity contribution in [2.75, 3.05) is 13.1 Å². The van der Waals surface area contributed by atoms with Gasteiger partial charge in [-0.05, 0) is 31.9 Å². The van der Waals surface area contributed by atoms with Gasteiger partial charge in [-0.2, -0.15) is 4.98 Å². The molecule has 2 unspecified atom stereocenters. The van der Waals surface area contributed by atoms with Crippen molar-refractivity contribution in [3.63, 3.8) is 0 Å². The topological polar surface area (TPSA) is 43.4 Å². The van der Waals surface area contributed by atoms with Gasteiger partial charge in [0.2, 0.25) is 5.58 Å². The summed E-state index contributed by atoms with van der Waals surface area (Å²) in [6.07, 6.45) is 2.57. The van der Waals surface area contributed by atoms with Gasteiger partial charge in [-0.3, -0.25) is 4.90 Å². The number of nitrogens with one attached hydrogen (secondary N) is 1. The van der Waals surface area contributed by atoms with Crippen LogP contribution in [0, 0.1) is 12.8 Å². The number of hydrogen-bond acceptors (Lipinski definition) is 3. The van der Waals surface area contributed by atoms with Gasteiger partial charge in [0.25, 0.3) is 5.82 Å². The largest absolute Gasteiger partial charge is 0.446 e. The maximum Gasteiger partial charge on any atom is 0.273 e. The summed E-state index contributed by atoms with van der Waals surface area (Å²) in [7, 11) is 0. The molecule has 4 rings (SSSR count). The van der Waals surface area contributed by atoms with E-state index in [2.05, 4.69) is 18.0 Å². The number of hydrogen-bond donors (Lipinski definition) is 1. The minimum Gasteiger partial charge on any atom is -0.446 e. The summed E-state index contributed by atoms with van der Waals surface area (Å²) < 4.78 is 6.08. The first-order valence-corrected chi connectivity index (χ1v) is 7.73. The molecule has 4 heteroatoms. The van der Waals surface area contributed by atoms with E-state index in [9.17, 15) is 0 Å². The first-order chi connectivity index (χ1) is 10.2. The zero-order valence-electron chi connectivity index (χ0n) is 12.5. The normalized spacial score (nSPS) is 23.0. The molecule has 0 spiro atoms. The van der Waals surface area contributed by atoms with E-state index >= 15 is 0 Å². The van der Waals surface area contributed by atoms with E-state index in [0.29, 0.717) is 0 Å². The molecule has 0 amide bonds. The van der Waals surface area contributed by atoms with E-state index in [0.717, 1.165) is 52.7 Å². The Morgan fingerprint density at radius 2 is 2.10 bits per heavy atom. The first-order valence-electron chi connectivity index (χ1n) is 7.73. The summed E-state index contributed by atoms with van der Waals surface area (Å²) in [4.78, 5) is 10.8. The lowest BCUT2D eigenvalue weighted by molar-refractivity contribution is -0.844. The Morgan fingerprint density at radius 1 is 1.24 bits per heavy atom. The zero-order valence-corrected chi connectivity index (χ0v) is 12.5. The molecule has 1 fully saturated rings. The van der Waals surface area contributed by atoms with Crippen LogP contribution < -0.4 is 4.90 Å². The average molecular weight is 282 g/mol. The number of aromatic nitrogens is 2. The number of aryl methyl sites for hydroxylation is 1. The lowest BCUT2D eigenvalue weighted by Crippen LogP contribution is -3.09. The van der Waals surface area contributed by atoms with Gasteiger partial charge >= 0.3 is 0 Å². The molecule has 3 heterocycles. The molecule has 0 bridgehead atoms. The highest BCUT2D eigenvalue weighted by atomic mass is 16.3. The van der Waals surface area contributed by atoms with Crippen molar-refractivity contribution in [3.05, 3.63) is 30.1 Å². The van der Waals surface area contributed by atoms with Crippen molar-refractivity contribution >= 4 is 27.9 Å². The van der Waals surface area contributed by atoms with Crippen LogP contribution in [-0.2, 0) is 0 Å². The van der Waals surface area contributed by atoms with Gasteiger partial charge in [0, 0.05) is 11.3 Å². The predicted octanol–water partition coefficient (Wildman–Crippen LogP) is 2.63. The van der Waals surface area contributed by atoms with Crippen LogP contribution in [0.1, 0.15) is 25.6 Å². The molecule has 2 atom stereocenters. The Bertz CT molecular complexity index is 808. The number of quaternary nitrogens is 1. The van der Waals surface area contributed by atoms with E-state index in [1.165, 1.54) is 17.7 Å². The van der Waals surface area contributed by atoms with Crippen LogP contribution in [-0.4, -0.2) is 23.1 Å². The molecule has 4 nitrogen and oxygen atoms in total. The van der Waals surface area contributed by atoms with Gasteiger partial charge in [-0.15, -0.1) is 0 Å². The van der Waals surface area contributed by atoms with Crippen molar-refractivity contribution in [1.82, 2.24) is 9.97 Å². The number of benzene rings is 1. The van der Waals surface area contributed by atoms with E-state index in [1.54, 1.807) is 0 Å². The fraction of sp³-hybridized carbons (Fsp3) is 0.412. The molecular formula is C17H20N3O+. The molecule has 0 aliphatic carbocycles. The van der Waals surface area contributed by atoms with Crippen LogP contribution >= 0.6 is 0 Å². The van der Waals surface area contributed by atoms with Crippen LogP contribution in [0.4, 0.5) is 5.82 Å². The number of para-hydroxylation sites is 1. The third-order valence-electron chi connectivity index (χ3n) is 4.44. The third kappa shape index (κ3) is 2.10. The third-order valence-corrected chi connectivity index (χ3v) is 4.44. The van der Waals surface area contributed by atoms with Crippen molar-refractivity contribution in [1.29, 1.82) is 0 Å². The number of furan rings is 1. The number of piperidine rings is 1. The van der Waals surface area contributed by atoms with Gasteiger partial charge in [-0.25, -0.2) is 4.98 Å². The molecule has 1 aromatic carbocycles. The SMILES string of the molecule is Cc1nc([NH+]2CCCC(C)C2)c2oc3ccccc3c2n1. The van der Waals surface area contributed by atoms with E-state index in [4.69, 9.17) is 9.40 Å². The molecule has 21 heavy (non-hydrogen) atoms. The summed E-state index contributed by atoms with van der Waals surface area (Å²) in [5, 5.41) is 1.09. The molecule has 1 saturated heterocycles. The van der Waals surface area contributed by atoms with E-state index in [-0.39, 0.29) is 0 Å². The molecule has 1 N–H and O–H groups in total. The molecule has 0 saturated carbocycles. The highest BCUT2D eigenvalue weighted by molar-refractivity contribution is 6.04. The molecule has 1 aliphatic rings. The van der Waals surface area contributed by atoms with Gasteiger partial charge in [0.15, 0.2) is 0 Å². The standard InChI is InChI=1S/C17H19N3O/c1-11-6-5-9-20(10-11)17-16-15(18-12(2)19-17)13-7-3-4-8-14(13)21-16/h3-4,7-8,11H,5-6,9-10H2,1-2H3/p+1. The Labute approximate surface area is 123 Å². The highest BCUT2D eigenvalue weighted by Gasteiger charge is 2.27. The molecule has 2 aromatic heterocycles. The van der Waals surface area contributed by atoms with E-state index < -0.39 is 0 Å². The fourth-order valence-electron chi connectivity index (χ4n) is 3.45. The summed E-state index contributed by atoms with van der Waals surface area (Å²) >= 11 is 0. The van der Waals surface area contributed by atoms with Crippen molar-refractivity contribution < 1.29 is 9.32 Å². The summed E-state index contributed by atoms with van der Waals surface area (Å²) in [6.45, 7) is 6.55. The number of fused-ring (bicyclic) bond motifs is 3. The predicted molar refractivity (Wildman–Crippen MR) is 82.8 cm³/mol. The lowest BCUT2D eigenvalue weighted by atomic mass is 10.0. The quantitative estimate of drug-likeness (QED) is 0.746. The lowest BCUT2D eigenvalue weighted by Gasteiger charge is -2.26. The van der Waals surface area contributed by atoms with Crippen molar-refractivity contribution in [2.24, 2.45) is 5.92 Å². The monoisotopic (exact) mass is 282 g/mol. The summed E-state index contributed by atoms with van der Waals surface area (Å²) in [5.41, 5.74) is 2.72. The van der Waals surface area contributed by atoms with Crippen LogP contribution in [0.3, 0.4) is 0 Å². The maximum absolute atomic E-state index is 6.08. The number of nitrogens with zero attached hydrogens (tertiary/aromatic N) is 2. The van der Waals surface area contributed by atoms with Crippen LogP contribution in [0.25, 0.3) is 22.1 Å².